The summed E-state index contributed by atoms with van der Waals surface area (Å²) in [6.45, 7) is 9.97. The third-order valence-corrected chi connectivity index (χ3v) is 6.61. The van der Waals surface area contributed by atoms with Crippen molar-refractivity contribution in [2.75, 3.05) is 4.90 Å². The number of rotatable bonds is 3. The van der Waals surface area contributed by atoms with Gasteiger partial charge in [0.2, 0.25) is 0 Å². The van der Waals surface area contributed by atoms with Gasteiger partial charge in [0, 0.05) is 22.5 Å². The molecular formula is C28H27ClN2O3. The molecule has 0 spiro atoms. The predicted molar refractivity (Wildman–Crippen MR) is 135 cm³/mol. The fourth-order valence-electron chi connectivity index (χ4n) is 4.14. The number of nitrogens with zero attached hydrogens (tertiary/aromatic N) is 2. The van der Waals surface area contributed by atoms with Crippen molar-refractivity contribution in [3.8, 4) is 0 Å². The van der Waals surface area contributed by atoms with Gasteiger partial charge in [0.15, 0.2) is 0 Å². The van der Waals surface area contributed by atoms with Crippen molar-refractivity contribution in [3.05, 3.63) is 99.3 Å². The van der Waals surface area contributed by atoms with Gasteiger partial charge < -0.3 is 5.11 Å². The van der Waals surface area contributed by atoms with Crippen LogP contribution in [-0.2, 0) is 15.0 Å². The lowest BCUT2D eigenvalue weighted by atomic mass is 9.84. The highest BCUT2D eigenvalue weighted by atomic mass is 35.5. The summed E-state index contributed by atoms with van der Waals surface area (Å²) in [5.74, 6) is -1.70. The quantitative estimate of drug-likeness (QED) is 0.275. The number of benzene rings is 2. The van der Waals surface area contributed by atoms with E-state index in [2.05, 4.69) is 25.8 Å². The molecule has 1 saturated heterocycles. The van der Waals surface area contributed by atoms with Gasteiger partial charge in [-0.1, -0.05) is 56.6 Å². The second-order valence-corrected chi connectivity index (χ2v) is 10.0. The number of amides is 1. The van der Waals surface area contributed by atoms with Crippen molar-refractivity contribution in [1.82, 2.24) is 4.98 Å². The van der Waals surface area contributed by atoms with Crippen molar-refractivity contribution in [2.24, 2.45) is 0 Å². The molecule has 1 fully saturated rings. The second kappa shape index (κ2) is 8.73. The van der Waals surface area contributed by atoms with Crippen LogP contribution in [0, 0.1) is 13.8 Å². The summed E-state index contributed by atoms with van der Waals surface area (Å²) in [4.78, 5) is 32.5. The van der Waals surface area contributed by atoms with E-state index in [1.807, 2.05) is 32.0 Å². The van der Waals surface area contributed by atoms with Gasteiger partial charge in [-0.25, -0.2) is 0 Å². The van der Waals surface area contributed by atoms with E-state index < -0.39 is 17.7 Å². The molecule has 1 atom stereocenters. The summed E-state index contributed by atoms with van der Waals surface area (Å²) < 4.78 is 0. The maximum absolute atomic E-state index is 13.4. The van der Waals surface area contributed by atoms with E-state index in [9.17, 15) is 14.7 Å². The van der Waals surface area contributed by atoms with E-state index >= 15 is 0 Å². The topological polar surface area (TPSA) is 70.5 Å². The Bertz CT molecular complexity index is 1320. The van der Waals surface area contributed by atoms with Crippen LogP contribution < -0.4 is 4.90 Å². The number of aryl methyl sites for hydroxylation is 2. The molecule has 5 nitrogen and oxygen atoms in total. The van der Waals surface area contributed by atoms with E-state index in [4.69, 9.17) is 11.6 Å². The summed E-state index contributed by atoms with van der Waals surface area (Å²) in [6.07, 6.45) is 1.60. The molecule has 6 heteroatoms. The van der Waals surface area contributed by atoms with E-state index in [0.29, 0.717) is 22.0 Å². The molecule has 1 aliphatic rings. The predicted octanol–water partition coefficient (Wildman–Crippen LogP) is 6.28. The van der Waals surface area contributed by atoms with Crippen molar-refractivity contribution in [2.45, 2.75) is 46.1 Å². The lowest BCUT2D eigenvalue weighted by Gasteiger charge is -2.25. The number of aliphatic hydroxyl groups is 1. The third-order valence-electron chi connectivity index (χ3n) is 6.20. The third kappa shape index (κ3) is 4.12. The average Bonchev–Trinajstić information content (AvgIpc) is 3.06. The molecule has 34 heavy (non-hydrogen) atoms. The van der Waals surface area contributed by atoms with E-state index in [0.717, 1.165) is 16.7 Å². The Morgan fingerprint density at radius 2 is 1.71 bits per heavy atom. The van der Waals surface area contributed by atoms with Gasteiger partial charge in [-0.15, -0.1) is 0 Å². The fourth-order valence-corrected chi connectivity index (χ4v) is 4.31. The maximum Gasteiger partial charge on any atom is 0.300 e. The van der Waals surface area contributed by atoms with Crippen LogP contribution in [0.3, 0.4) is 0 Å². The molecule has 1 aliphatic heterocycles. The maximum atomic E-state index is 13.4. The first-order valence-electron chi connectivity index (χ1n) is 11.1. The number of carbonyl (C=O) groups is 2. The Morgan fingerprint density at radius 3 is 2.32 bits per heavy atom. The number of hydrogen-bond donors (Lipinski definition) is 1. The molecule has 0 bridgehead atoms. The van der Waals surface area contributed by atoms with E-state index in [-0.39, 0.29) is 16.7 Å². The summed E-state index contributed by atoms with van der Waals surface area (Å²) in [6, 6.07) is 15.4. The lowest BCUT2D eigenvalue weighted by Crippen LogP contribution is -2.29. The molecule has 1 amide bonds. The number of pyridine rings is 1. The van der Waals surface area contributed by atoms with Crippen LogP contribution in [0.5, 0.6) is 0 Å². The number of Topliss-reactive ketones (excluding diaryl/α,β-unsaturated/α-hetero) is 1. The Balaban J connectivity index is 1.98. The van der Waals surface area contributed by atoms with Crippen LogP contribution in [0.25, 0.3) is 5.76 Å². The first-order chi connectivity index (χ1) is 16.0. The van der Waals surface area contributed by atoms with Gasteiger partial charge in [0.1, 0.15) is 11.8 Å². The van der Waals surface area contributed by atoms with Crippen molar-refractivity contribution >= 4 is 34.7 Å². The van der Waals surface area contributed by atoms with Crippen LogP contribution in [0.2, 0.25) is 5.02 Å². The van der Waals surface area contributed by atoms with Crippen molar-refractivity contribution in [1.29, 1.82) is 0 Å². The molecule has 3 aromatic rings. The summed E-state index contributed by atoms with van der Waals surface area (Å²) in [5.41, 5.74) is 3.97. The number of aromatic nitrogens is 1. The van der Waals surface area contributed by atoms with Crippen LogP contribution in [-0.4, -0.2) is 21.8 Å². The molecule has 1 aromatic heterocycles. The molecule has 174 valence electrons. The smallest absolute Gasteiger partial charge is 0.300 e. The second-order valence-electron chi connectivity index (χ2n) is 9.64. The summed E-state index contributed by atoms with van der Waals surface area (Å²) in [5, 5.41) is 12.0. The Hall–Kier alpha value is -3.44. The molecule has 1 N–H and O–H groups in total. The lowest BCUT2D eigenvalue weighted by molar-refractivity contribution is -0.132. The Morgan fingerprint density at radius 1 is 1.00 bits per heavy atom. The largest absolute Gasteiger partial charge is 0.507 e. The Labute approximate surface area is 204 Å². The minimum Gasteiger partial charge on any atom is -0.507 e. The van der Waals surface area contributed by atoms with Crippen molar-refractivity contribution < 1.29 is 14.7 Å². The monoisotopic (exact) mass is 474 g/mol. The highest BCUT2D eigenvalue weighted by molar-refractivity contribution is 6.51. The average molecular weight is 475 g/mol. The molecule has 0 radical (unpaired) electrons. The number of ketones is 1. The number of hydrogen-bond acceptors (Lipinski definition) is 4. The SMILES string of the molecule is Cc1ccc(N2C(=O)C(=O)/C(=C(/O)c3cc(C(C)(C)C)ccc3C)C2c2ccccn2)cc1Cl. The van der Waals surface area contributed by atoms with Gasteiger partial charge in [0.25, 0.3) is 11.7 Å². The van der Waals surface area contributed by atoms with Crippen molar-refractivity contribution in [3.63, 3.8) is 0 Å². The molecule has 4 rings (SSSR count). The molecule has 2 heterocycles. The van der Waals surface area contributed by atoms with Gasteiger partial charge in [-0.2, -0.15) is 0 Å². The number of aliphatic hydroxyl groups excluding tert-OH is 1. The standard InChI is InChI=1S/C28H27ClN2O3/c1-16-9-11-18(28(3,4)5)14-20(16)25(32)23-24(22-8-6-7-13-30-22)31(27(34)26(23)33)19-12-10-17(2)21(29)15-19/h6-15,24,32H,1-5H3/b25-23+. The van der Waals surface area contributed by atoms with Crippen LogP contribution >= 0.6 is 11.6 Å². The number of anilines is 1. The van der Waals surface area contributed by atoms with Gasteiger partial charge in [-0.05, 0) is 66.3 Å². The first kappa shape index (κ1) is 23.7. The molecule has 0 saturated carbocycles. The minimum absolute atomic E-state index is 0.00885. The van der Waals surface area contributed by atoms with Crippen LogP contribution in [0.15, 0.2) is 66.4 Å². The molecule has 0 aliphatic carbocycles. The van der Waals surface area contributed by atoms with Gasteiger partial charge >= 0.3 is 0 Å². The van der Waals surface area contributed by atoms with Crippen LogP contribution in [0.4, 0.5) is 5.69 Å². The number of halogens is 1. The number of carbonyl (C=O) groups excluding carboxylic acids is 2. The fraction of sp³-hybridized carbons (Fsp3) is 0.250. The van der Waals surface area contributed by atoms with Gasteiger partial charge in [0.05, 0.1) is 11.3 Å². The summed E-state index contributed by atoms with van der Waals surface area (Å²) in [7, 11) is 0. The molecule has 2 aromatic carbocycles. The Kier molecular flexibility index (Phi) is 6.09. The highest BCUT2D eigenvalue weighted by Crippen LogP contribution is 2.43. The molecular weight excluding hydrogens is 448 g/mol. The zero-order valence-electron chi connectivity index (χ0n) is 19.9. The summed E-state index contributed by atoms with van der Waals surface area (Å²) >= 11 is 6.35. The van der Waals surface area contributed by atoms with Gasteiger partial charge in [-0.3, -0.25) is 19.5 Å². The minimum atomic E-state index is -0.891. The first-order valence-corrected chi connectivity index (χ1v) is 11.5. The van der Waals surface area contributed by atoms with E-state index in [1.54, 1.807) is 42.6 Å². The van der Waals surface area contributed by atoms with E-state index in [1.165, 1.54) is 4.90 Å². The molecule has 1 unspecified atom stereocenters. The van der Waals surface area contributed by atoms with Crippen LogP contribution in [0.1, 0.15) is 54.8 Å². The zero-order chi connectivity index (χ0) is 24.8. The highest BCUT2D eigenvalue weighted by Gasteiger charge is 2.47. The zero-order valence-corrected chi connectivity index (χ0v) is 20.6. The normalized spacial score (nSPS) is 17.9.